The van der Waals surface area contributed by atoms with Gasteiger partial charge in [0.1, 0.15) is 6.29 Å². The summed E-state index contributed by atoms with van der Waals surface area (Å²) in [5.74, 6) is 0. The van der Waals surface area contributed by atoms with Crippen LogP contribution in [0.25, 0.3) is 0 Å². The third-order valence-corrected chi connectivity index (χ3v) is 3.86. The zero-order chi connectivity index (χ0) is 13.0. The number of carbonyl (C=O) groups excluding carboxylic acids is 1. The Kier molecular flexibility index (Phi) is 4.40. The first kappa shape index (κ1) is 13.1. The zero-order valence-corrected chi connectivity index (χ0v) is 11.5. The van der Waals surface area contributed by atoms with Crippen molar-refractivity contribution in [2.75, 3.05) is 11.4 Å². The maximum atomic E-state index is 10.8. The van der Waals surface area contributed by atoms with Crippen molar-refractivity contribution in [3.8, 4) is 0 Å². The lowest BCUT2D eigenvalue weighted by molar-refractivity contribution is 0.112. The van der Waals surface area contributed by atoms with Crippen molar-refractivity contribution < 1.29 is 4.79 Å². The van der Waals surface area contributed by atoms with Gasteiger partial charge in [0.25, 0.3) is 0 Å². The molecule has 1 aliphatic rings. The summed E-state index contributed by atoms with van der Waals surface area (Å²) in [5, 5.41) is 0. The normalized spacial score (nSPS) is 14.1. The Morgan fingerprint density at radius 2 is 2.00 bits per heavy atom. The van der Waals surface area contributed by atoms with Crippen molar-refractivity contribution >= 4 is 12.0 Å². The highest BCUT2D eigenvalue weighted by atomic mass is 16.1. The first-order valence-corrected chi connectivity index (χ1v) is 7.14. The summed E-state index contributed by atoms with van der Waals surface area (Å²) < 4.78 is 0. The van der Waals surface area contributed by atoms with E-state index >= 15 is 0 Å². The second-order valence-electron chi connectivity index (χ2n) is 5.18. The minimum absolute atomic E-state index is 0.670. The molecule has 0 spiro atoms. The number of anilines is 1. The molecule has 1 aliphatic heterocycles. The van der Waals surface area contributed by atoms with Crippen molar-refractivity contribution in [3.63, 3.8) is 0 Å². The summed E-state index contributed by atoms with van der Waals surface area (Å²) in [6.45, 7) is 5.63. The molecule has 0 amide bonds. The molecule has 0 N–H and O–H groups in total. The van der Waals surface area contributed by atoms with E-state index in [9.17, 15) is 4.79 Å². The molecule has 0 radical (unpaired) electrons. The highest BCUT2D eigenvalue weighted by molar-refractivity contribution is 5.77. The van der Waals surface area contributed by atoms with Crippen LogP contribution in [0.2, 0.25) is 0 Å². The molecule has 0 bridgehead atoms. The minimum Gasteiger partial charge on any atom is -0.368 e. The molecule has 18 heavy (non-hydrogen) atoms. The average Bonchev–Trinajstić information content (AvgIpc) is 2.81. The van der Waals surface area contributed by atoms with Gasteiger partial charge >= 0.3 is 0 Å². The molecule has 0 aliphatic carbocycles. The van der Waals surface area contributed by atoms with E-state index in [0.29, 0.717) is 6.04 Å². The molecule has 1 aromatic carbocycles. The lowest BCUT2D eigenvalue weighted by Gasteiger charge is -2.30. The van der Waals surface area contributed by atoms with Crippen LogP contribution >= 0.6 is 0 Å². The topological polar surface area (TPSA) is 20.3 Å². The molecule has 98 valence electrons. The van der Waals surface area contributed by atoms with Crippen LogP contribution in [-0.4, -0.2) is 18.9 Å². The van der Waals surface area contributed by atoms with Crippen molar-refractivity contribution in [1.82, 2.24) is 0 Å². The summed E-state index contributed by atoms with van der Waals surface area (Å²) in [6.07, 6.45) is 7.04. The van der Waals surface area contributed by atoms with Crippen molar-refractivity contribution in [3.05, 3.63) is 29.3 Å². The Balaban J connectivity index is 2.21. The minimum atomic E-state index is 0.670. The van der Waals surface area contributed by atoms with Gasteiger partial charge in [-0.25, -0.2) is 0 Å². The van der Waals surface area contributed by atoms with Gasteiger partial charge in [-0.2, -0.15) is 0 Å². The van der Waals surface area contributed by atoms with Gasteiger partial charge in [-0.3, -0.25) is 4.79 Å². The molecular formula is C16H23NO. The molecular weight excluding hydrogens is 222 g/mol. The van der Waals surface area contributed by atoms with E-state index in [0.717, 1.165) is 24.8 Å². The van der Waals surface area contributed by atoms with E-state index in [-0.39, 0.29) is 0 Å². The maximum absolute atomic E-state index is 10.8. The fraction of sp³-hybridized carbons (Fsp3) is 0.562. The van der Waals surface area contributed by atoms with E-state index in [1.54, 1.807) is 0 Å². The maximum Gasteiger partial charge on any atom is 0.150 e. The van der Waals surface area contributed by atoms with Crippen LogP contribution in [0, 0.1) is 0 Å². The quantitative estimate of drug-likeness (QED) is 0.710. The van der Waals surface area contributed by atoms with Gasteiger partial charge in [0.2, 0.25) is 0 Å². The van der Waals surface area contributed by atoms with Crippen LogP contribution in [0.4, 0.5) is 5.69 Å². The number of hydrogen-bond donors (Lipinski definition) is 0. The predicted molar refractivity (Wildman–Crippen MR) is 76.5 cm³/mol. The van der Waals surface area contributed by atoms with E-state index in [1.165, 1.54) is 36.9 Å². The Bertz CT molecular complexity index is 408. The van der Waals surface area contributed by atoms with Crippen LogP contribution in [0.5, 0.6) is 0 Å². The van der Waals surface area contributed by atoms with E-state index in [1.807, 2.05) is 6.07 Å². The lowest BCUT2D eigenvalue weighted by Crippen LogP contribution is -2.33. The fourth-order valence-corrected chi connectivity index (χ4v) is 3.02. The summed E-state index contributed by atoms with van der Waals surface area (Å²) in [4.78, 5) is 13.4. The van der Waals surface area contributed by atoms with Gasteiger partial charge in [-0.1, -0.05) is 26.7 Å². The lowest BCUT2D eigenvalue weighted by atomic mass is 10.0. The second-order valence-corrected chi connectivity index (χ2v) is 5.18. The van der Waals surface area contributed by atoms with Crippen LogP contribution < -0.4 is 4.90 Å². The van der Waals surface area contributed by atoms with Gasteiger partial charge in [0, 0.05) is 23.8 Å². The summed E-state index contributed by atoms with van der Waals surface area (Å²) in [7, 11) is 0. The van der Waals surface area contributed by atoms with Crippen LogP contribution in [0.15, 0.2) is 18.2 Å². The first-order valence-electron chi connectivity index (χ1n) is 7.14. The smallest absolute Gasteiger partial charge is 0.150 e. The molecule has 0 aromatic heterocycles. The third-order valence-electron chi connectivity index (χ3n) is 3.86. The van der Waals surface area contributed by atoms with Gasteiger partial charge in [0.15, 0.2) is 0 Å². The Morgan fingerprint density at radius 3 is 2.61 bits per heavy atom. The third kappa shape index (κ3) is 2.58. The summed E-state index contributed by atoms with van der Waals surface area (Å²) in [6, 6.07) is 6.80. The number of rotatable bonds is 6. The monoisotopic (exact) mass is 245 g/mol. The Labute approximate surface area is 110 Å². The van der Waals surface area contributed by atoms with Crippen molar-refractivity contribution in [1.29, 1.82) is 0 Å². The Hall–Kier alpha value is -1.31. The van der Waals surface area contributed by atoms with Gasteiger partial charge in [0.05, 0.1) is 0 Å². The number of aldehydes is 1. The molecule has 2 rings (SSSR count). The fourth-order valence-electron chi connectivity index (χ4n) is 3.02. The van der Waals surface area contributed by atoms with E-state index < -0.39 is 0 Å². The van der Waals surface area contributed by atoms with Gasteiger partial charge < -0.3 is 4.90 Å². The summed E-state index contributed by atoms with van der Waals surface area (Å²) in [5.41, 5.74) is 3.50. The molecule has 0 saturated carbocycles. The number of nitrogens with zero attached hydrogens (tertiary/aromatic N) is 1. The van der Waals surface area contributed by atoms with E-state index in [4.69, 9.17) is 0 Å². The van der Waals surface area contributed by atoms with Gasteiger partial charge in [-0.15, -0.1) is 0 Å². The zero-order valence-electron chi connectivity index (χ0n) is 11.5. The average molecular weight is 245 g/mol. The molecule has 0 saturated heterocycles. The van der Waals surface area contributed by atoms with Gasteiger partial charge in [-0.05, 0) is 43.0 Å². The summed E-state index contributed by atoms with van der Waals surface area (Å²) >= 11 is 0. The molecule has 0 unspecified atom stereocenters. The number of benzene rings is 1. The van der Waals surface area contributed by atoms with Crippen molar-refractivity contribution in [2.45, 2.75) is 52.0 Å². The van der Waals surface area contributed by atoms with Crippen molar-refractivity contribution in [2.24, 2.45) is 0 Å². The SMILES string of the molecule is CCCC(CCC)N1CCc2cc(C=O)ccc21. The standard InChI is InChI=1S/C16H23NO/c1-3-5-15(6-4-2)17-10-9-14-11-13(12-18)7-8-16(14)17/h7-8,11-12,15H,3-6,9-10H2,1-2H3. The predicted octanol–water partition coefficient (Wildman–Crippen LogP) is 3.83. The molecule has 0 fully saturated rings. The van der Waals surface area contributed by atoms with E-state index in [2.05, 4.69) is 30.9 Å². The van der Waals surface area contributed by atoms with Crippen LogP contribution in [0.1, 0.15) is 55.5 Å². The second kappa shape index (κ2) is 6.03. The molecule has 2 heteroatoms. The molecule has 1 aromatic rings. The molecule has 1 heterocycles. The highest BCUT2D eigenvalue weighted by Gasteiger charge is 2.24. The number of hydrogen-bond acceptors (Lipinski definition) is 2. The largest absolute Gasteiger partial charge is 0.368 e. The van der Waals surface area contributed by atoms with Crippen LogP contribution in [-0.2, 0) is 6.42 Å². The van der Waals surface area contributed by atoms with Crippen LogP contribution in [0.3, 0.4) is 0 Å². The Morgan fingerprint density at radius 1 is 1.28 bits per heavy atom. The molecule has 2 nitrogen and oxygen atoms in total. The number of fused-ring (bicyclic) bond motifs is 1. The highest BCUT2D eigenvalue weighted by Crippen LogP contribution is 2.32. The number of carbonyl (C=O) groups is 1. The molecule has 0 atom stereocenters. The first-order chi connectivity index (χ1) is 8.80.